The molecule has 0 aliphatic carbocycles. The number of ether oxygens (including phenoxy) is 3. The second kappa shape index (κ2) is 37.9. The van der Waals surface area contributed by atoms with Crippen LogP contribution in [0.4, 0.5) is 0 Å². The molecule has 0 fully saturated rings. The number of quaternary nitrogens is 1. The van der Waals surface area contributed by atoms with Crippen molar-refractivity contribution < 1.29 is 38.2 Å². The van der Waals surface area contributed by atoms with Crippen LogP contribution < -0.4 is 5.11 Å². The van der Waals surface area contributed by atoms with E-state index in [0.717, 1.165) is 64.2 Å². The maximum Gasteiger partial charge on any atom is 0.306 e. The Morgan fingerprint density at radius 3 is 1.58 bits per heavy atom. The van der Waals surface area contributed by atoms with Crippen LogP contribution in [-0.2, 0) is 28.6 Å². The van der Waals surface area contributed by atoms with Gasteiger partial charge in [-0.2, -0.15) is 0 Å². The lowest BCUT2D eigenvalue weighted by molar-refractivity contribution is -0.889. The molecule has 0 aliphatic heterocycles. The number of rotatable bonds is 38. The van der Waals surface area contributed by atoms with E-state index in [1.54, 1.807) is 21.1 Å². The fraction of sp³-hybridized carbons (Fsp3) is 0.723. The second-order valence-electron chi connectivity index (χ2n) is 15.6. The standard InChI is InChI=1S/C47H81NO7/c1-6-8-10-12-14-16-18-20-21-22-23-24-26-28-30-32-34-36-38-46(50)55-43(41-53-40-39-44(47(51)52)48(3,4)5)42-54-45(49)37-35-33-31-29-27-25-19-17-15-13-11-9-7-2/h9,11,13,15,17,19,23-25,27,43-44H,6-8,10,12,14,16,18,20-22,26,28-42H2,1-5H3/b11-9+,15-13+,19-17+,24-23+,27-25+. The van der Waals surface area contributed by atoms with E-state index in [2.05, 4.69) is 38.2 Å². The van der Waals surface area contributed by atoms with Crippen LogP contribution in [0, 0.1) is 0 Å². The van der Waals surface area contributed by atoms with Gasteiger partial charge < -0.3 is 28.6 Å². The average molecular weight is 772 g/mol. The summed E-state index contributed by atoms with van der Waals surface area (Å²) in [5, 5.41) is 11.6. The first-order chi connectivity index (χ1) is 26.6. The summed E-state index contributed by atoms with van der Waals surface area (Å²) >= 11 is 0. The van der Waals surface area contributed by atoms with E-state index >= 15 is 0 Å². The Labute approximate surface area is 337 Å². The largest absolute Gasteiger partial charge is 0.544 e. The Bertz CT molecular complexity index is 1090. The van der Waals surface area contributed by atoms with Crippen molar-refractivity contribution in [3.05, 3.63) is 60.8 Å². The smallest absolute Gasteiger partial charge is 0.306 e. The summed E-state index contributed by atoms with van der Waals surface area (Å²) in [5.41, 5.74) is 0. The van der Waals surface area contributed by atoms with Crippen LogP contribution in [0.3, 0.4) is 0 Å². The number of carboxylic acids is 1. The molecule has 0 heterocycles. The molecule has 0 bridgehead atoms. The van der Waals surface area contributed by atoms with Gasteiger partial charge in [-0.15, -0.1) is 0 Å². The number of hydrogen-bond donors (Lipinski definition) is 0. The summed E-state index contributed by atoms with van der Waals surface area (Å²) in [7, 11) is 5.38. The normalized spacial score (nSPS) is 13.5. The van der Waals surface area contributed by atoms with Crippen molar-refractivity contribution in [3.8, 4) is 0 Å². The molecule has 0 aliphatic rings. The lowest BCUT2D eigenvalue weighted by Crippen LogP contribution is -2.55. The number of aliphatic carboxylic acids is 1. The maximum absolute atomic E-state index is 12.7. The van der Waals surface area contributed by atoms with E-state index in [-0.39, 0.29) is 42.7 Å². The number of carbonyl (C=O) groups excluding carboxylic acids is 3. The molecule has 0 aromatic heterocycles. The minimum absolute atomic E-state index is 0.0224. The molecule has 0 radical (unpaired) electrons. The minimum atomic E-state index is -1.13. The van der Waals surface area contributed by atoms with Gasteiger partial charge in [0.1, 0.15) is 12.6 Å². The molecule has 8 heteroatoms. The van der Waals surface area contributed by atoms with Crippen LogP contribution in [0.25, 0.3) is 0 Å². The SMILES string of the molecule is CC/C=C/C=C/C=C/C=C/CCCCCC(=O)OCC(COCCC(C(=O)[O-])[N+](C)(C)C)OC(=O)CCCCCCC/C=C/CCCCCCCCCCC. The third kappa shape index (κ3) is 36.4. The van der Waals surface area contributed by atoms with Gasteiger partial charge in [0.2, 0.25) is 0 Å². The summed E-state index contributed by atoms with van der Waals surface area (Å²) in [6.07, 6.45) is 45.4. The van der Waals surface area contributed by atoms with Crippen molar-refractivity contribution in [3.63, 3.8) is 0 Å². The topological polar surface area (TPSA) is 102 Å². The highest BCUT2D eigenvalue weighted by Crippen LogP contribution is 2.13. The predicted octanol–water partition coefficient (Wildman–Crippen LogP) is 10.5. The number of unbranched alkanes of at least 4 members (excludes halogenated alkanes) is 17. The van der Waals surface area contributed by atoms with Gasteiger partial charge in [0.25, 0.3) is 0 Å². The van der Waals surface area contributed by atoms with E-state index in [9.17, 15) is 19.5 Å². The Hall–Kier alpha value is -2.97. The monoisotopic (exact) mass is 772 g/mol. The first-order valence-corrected chi connectivity index (χ1v) is 21.9. The predicted molar refractivity (Wildman–Crippen MR) is 226 cm³/mol. The molecule has 0 saturated heterocycles. The third-order valence-corrected chi connectivity index (χ3v) is 9.48. The van der Waals surface area contributed by atoms with Crippen LogP contribution in [-0.4, -0.2) is 75.5 Å². The first kappa shape index (κ1) is 52.0. The maximum atomic E-state index is 12.7. The van der Waals surface area contributed by atoms with Crippen molar-refractivity contribution in [2.24, 2.45) is 0 Å². The Kier molecular flexibility index (Phi) is 35.9. The first-order valence-electron chi connectivity index (χ1n) is 21.9. The highest BCUT2D eigenvalue weighted by molar-refractivity contribution is 5.70. The van der Waals surface area contributed by atoms with Gasteiger partial charge in [-0.3, -0.25) is 9.59 Å². The highest BCUT2D eigenvalue weighted by Gasteiger charge is 2.25. The van der Waals surface area contributed by atoms with Crippen LogP contribution in [0.1, 0.15) is 168 Å². The molecule has 2 atom stereocenters. The van der Waals surface area contributed by atoms with Crippen LogP contribution in [0.15, 0.2) is 60.8 Å². The van der Waals surface area contributed by atoms with Crippen molar-refractivity contribution in [1.29, 1.82) is 0 Å². The third-order valence-electron chi connectivity index (χ3n) is 9.48. The molecule has 0 saturated carbocycles. The van der Waals surface area contributed by atoms with Crippen molar-refractivity contribution in [2.75, 3.05) is 41.0 Å². The number of esters is 2. The van der Waals surface area contributed by atoms with Gasteiger partial charge in [-0.05, 0) is 57.8 Å². The lowest BCUT2D eigenvalue weighted by atomic mass is 10.1. The van der Waals surface area contributed by atoms with Gasteiger partial charge >= 0.3 is 11.9 Å². The average Bonchev–Trinajstić information content (AvgIpc) is 3.14. The highest BCUT2D eigenvalue weighted by atomic mass is 16.6. The molecule has 0 rings (SSSR count). The number of likely N-dealkylation sites (N-methyl/N-ethyl adjacent to an activating group) is 1. The molecular formula is C47H81NO7. The second-order valence-corrected chi connectivity index (χ2v) is 15.6. The van der Waals surface area contributed by atoms with E-state index in [1.165, 1.54) is 70.6 Å². The zero-order valence-corrected chi connectivity index (χ0v) is 35.8. The quantitative estimate of drug-likeness (QED) is 0.0202. The molecule has 2 unspecified atom stereocenters. The molecule has 0 aromatic carbocycles. The van der Waals surface area contributed by atoms with E-state index in [0.29, 0.717) is 12.8 Å². The van der Waals surface area contributed by atoms with Crippen molar-refractivity contribution >= 4 is 17.9 Å². The molecule has 0 spiro atoms. The zero-order valence-electron chi connectivity index (χ0n) is 35.8. The molecule has 55 heavy (non-hydrogen) atoms. The number of carboxylic acid groups (broad SMARTS) is 1. The molecule has 0 N–H and O–H groups in total. The number of carbonyl (C=O) groups is 3. The van der Waals surface area contributed by atoms with Gasteiger partial charge in [0.05, 0.1) is 40.3 Å². The number of nitrogens with zero attached hydrogens (tertiary/aromatic N) is 1. The van der Waals surface area contributed by atoms with Crippen LogP contribution in [0.2, 0.25) is 0 Å². The Morgan fingerprint density at radius 2 is 1.04 bits per heavy atom. The van der Waals surface area contributed by atoms with Crippen LogP contribution >= 0.6 is 0 Å². The fourth-order valence-electron chi connectivity index (χ4n) is 6.07. The lowest BCUT2D eigenvalue weighted by Gasteiger charge is -2.34. The summed E-state index contributed by atoms with van der Waals surface area (Å²) in [4.78, 5) is 36.8. The van der Waals surface area contributed by atoms with Gasteiger partial charge in [-0.1, -0.05) is 152 Å². The molecule has 316 valence electrons. The van der Waals surface area contributed by atoms with Crippen molar-refractivity contribution in [2.45, 2.75) is 180 Å². The number of hydrogen-bond acceptors (Lipinski definition) is 7. The van der Waals surface area contributed by atoms with E-state index in [1.807, 2.05) is 36.5 Å². The Balaban J connectivity index is 4.40. The van der Waals surface area contributed by atoms with Crippen LogP contribution in [0.5, 0.6) is 0 Å². The summed E-state index contributed by atoms with van der Waals surface area (Å²) in [5.74, 6) is -1.80. The molecule has 0 aromatic rings. The zero-order chi connectivity index (χ0) is 40.7. The summed E-state index contributed by atoms with van der Waals surface area (Å²) in [6.45, 7) is 4.46. The molecule has 8 nitrogen and oxygen atoms in total. The number of allylic oxidation sites excluding steroid dienone is 10. The summed E-state index contributed by atoms with van der Waals surface area (Å²) in [6, 6.07) is -0.735. The fourth-order valence-corrected chi connectivity index (χ4v) is 6.07. The van der Waals surface area contributed by atoms with Gasteiger partial charge in [0, 0.05) is 19.3 Å². The van der Waals surface area contributed by atoms with E-state index in [4.69, 9.17) is 14.2 Å². The molecule has 0 amide bonds. The Morgan fingerprint density at radius 1 is 0.564 bits per heavy atom. The van der Waals surface area contributed by atoms with Crippen molar-refractivity contribution in [1.82, 2.24) is 0 Å². The van der Waals surface area contributed by atoms with E-state index < -0.39 is 18.1 Å². The molecular weight excluding hydrogens is 691 g/mol. The van der Waals surface area contributed by atoms with Gasteiger partial charge in [-0.25, -0.2) is 0 Å². The summed E-state index contributed by atoms with van der Waals surface area (Å²) < 4.78 is 17.1. The minimum Gasteiger partial charge on any atom is -0.544 e. The van der Waals surface area contributed by atoms with Gasteiger partial charge in [0.15, 0.2) is 6.10 Å².